The van der Waals surface area contributed by atoms with Crippen LogP contribution in [0.5, 0.6) is 5.75 Å². The Morgan fingerprint density at radius 3 is 2.88 bits per heavy atom. The first-order valence-corrected chi connectivity index (χ1v) is 15.2. The van der Waals surface area contributed by atoms with Gasteiger partial charge in [-0.15, -0.1) is 0 Å². The van der Waals surface area contributed by atoms with Gasteiger partial charge in [-0.2, -0.15) is 0 Å². The molecule has 1 atom stereocenters. The first-order chi connectivity index (χ1) is 20.0. The zero-order valence-electron chi connectivity index (χ0n) is 23.5. The number of ether oxygens (including phenoxy) is 1. The van der Waals surface area contributed by atoms with Gasteiger partial charge in [0.1, 0.15) is 24.2 Å². The molecule has 216 valence electrons. The molecule has 3 N–H and O–H groups in total. The van der Waals surface area contributed by atoms with Crippen molar-refractivity contribution in [2.24, 2.45) is 0 Å². The number of hydrogen-bond donors (Lipinski definition) is 3. The maximum atomic E-state index is 12.1. The minimum Gasteiger partial charge on any atom is -0.490 e. The molecule has 3 aromatic heterocycles. The number of carbonyl (C=O) groups is 1. The molecule has 0 saturated heterocycles. The van der Waals surface area contributed by atoms with E-state index in [1.54, 1.807) is 6.20 Å². The summed E-state index contributed by atoms with van der Waals surface area (Å²) in [5, 5.41) is 17.2. The van der Waals surface area contributed by atoms with E-state index in [1.807, 2.05) is 43.3 Å². The number of anilines is 2. The Morgan fingerprint density at radius 2 is 2.02 bits per heavy atom. The van der Waals surface area contributed by atoms with Gasteiger partial charge in [-0.3, -0.25) is 9.88 Å². The number of nitrogens with zero attached hydrogens (tertiary/aromatic N) is 4. The highest BCUT2D eigenvalue weighted by atomic mass is 32.1. The molecule has 1 aromatic carbocycles. The minimum absolute atomic E-state index is 0.454. The van der Waals surface area contributed by atoms with Crippen LogP contribution < -0.4 is 15.4 Å². The molecule has 41 heavy (non-hydrogen) atoms. The number of aliphatic carboxylic acids is 1. The number of carboxylic acid groups (broad SMARTS) is 1. The van der Waals surface area contributed by atoms with Crippen molar-refractivity contribution in [3.8, 4) is 5.75 Å². The summed E-state index contributed by atoms with van der Waals surface area (Å²) in [4.78, 5) is 28.1. The predicted molar refractivity (Wildman–Crippen MR) is 164 cm³/mol. The van der Waals surface area contributed by atoms with E-state index in [0.29, 0.717) is 31.2 Å². The number of benzene rings is 1. The van der Waals surface area contributed by atoms with Gasteiger partial charge < -0.3 is 20.5 Å². The Hall–Kier alpha value is -3.76. The van der Waals surface area contributed by atoms with Crippen molar-refractivity contribution >= 4 is 38.5 Å². The Labute approximate surface area is 245 Å². The molecule has 0 amide bonds. The first-order valence-electron chi connectivity index (χ1n) is 14.4. The van der Waals surface area contributed by atoms with Crippen LogP contribution in [0.25, 0.3) is 10.2 Å². The summed E-state index contributed by atoms with van der Waals surface area (Å²) in [5.74, 6) is 0.942. The van der Waals surface area contributed by atoms with Gasteiger partial charge in [0.25, 0.3) is 0 Å². The summed E-state index contributed by atoms with van der Waals surface area (Å²) < 4.78 is 7.05. The quantitative estimate of drug-likeness (QED) is 0.160. The zero-order valence-corrected chi connectivity index (χ0v) is 24.3. The molecule has 1 unspecified atom stereocenters. The molecule has 0 bridgehead atoms. The summed E-state index contributed by atoms with van der Waals surface area (Å²) in [6, 6.07) is 15.3. The first kappa shape index (κ1) is 28.8. The number of fused-ring (bicyclic) bond motifs is 2. The molecule has 0 fully saturated rings. The fraction of sp³-hybridized carbons (Fsp3) is 0.419. The van der Waals surface area contributed by atoms with Crippen molar-refractivity contribution in [3.63, 3.8) is 0 Å². The van der Waals surface area contributed by atoms with Crippen LogP contribution in [0.15, 0.2) is 54.7 Å². The summed E-state index contributed by atoms with van der Waals surface area (Å²) >= 11 is 1.48. The van der Waals surface area contributed by atoms with Crippen LogP contribution in [0.4, 0.5) is 10.9 Å². The number of rotatable bonds is 15. The van der Waals surface area contributed by atoms with E-state index in [1.165, 1.54) is 16.9 Å². The summed E-state index contributed by atoms with van der Waals surface area (Å²) in [5.41, 5.74) is 4.16. The molecule has 9 nitrogen and oxygen atoms in total. The van der Waals surface area contributed by atoms with Crippen molar-refractivity contribution in [2.75, 3.05) is 43.4 Å². The van der Waals surface area contributed by atoms with Gasteiger partial charge in [0.2, 0.25) is 0 Å². The van der Waals surface area contributed by atoms with Crippen LogP contribution in [-0.2, 0) is 17.6 Å². The third-order valence-corrected chi connectivity index (χ3v) is 8.32. The maximum Gasteiger partial charge on any atom is 0.326 e. The average molecular weight is 575 g/mol. The second-order valence-electron chi connectivity index (χ2n) is 10.4. The van der Waals surface area contributed by atoms with Crippen LogP contribution in [-0.4, -0.2) is 69.8 Å². The lowest BCUT2D eigenvalue weighted by Gasteiger charge is -2.24. The Bertz CT molecular complexity index is 1410. The highest BCUT2D eigenvalue weighted by molar-refractivity contribution is 7.22. The van der Waals surface area contributed by atoms with Crippen LogP contribution >= 0.6 is 11.3 Å². The fourth-order valence-electron chi connectivity index (χ4n) is 5.04. The Balaban J connectivity index is 1.16. The van der Waals surface area contributed by atoms with Crippen molar-refractivity contribution < 1.29 is 14.6 Å². The van der Waals surface area contributed by atoms with Crippen LogP contribution in [0.2, 0.25) is 0 Å². The summed E-state index contributed by atoms with van der Waals surface area (Å²) in [7, 11) is 0. The van der Waals surface area contributed by atoms with Crippen LogP contribution in [0.3, 0.4) is 0 Å². The highest BCUT2D eigenvalue weighted by Crippen LogP contribution is 2.26. The lowest BCUT2D eigenvalue weighted by Crippen LogP contribution is -2.37. The van der Waals surface area contributed by atoms with Crippen LogP contribution in [0, 0.1) is 6.92 Å². The van der Waals surface area contributed by atoms with E-state index in [2.05, 4.69) is 37.6 Å². The van der Waals surface area contributed by atoms with Crippen molar-refractivity contribution in [2.45, 2.75) is 51.5 Å². The van der Waals surface area contributed by atoms with E-state index in [0.717, 1.165) is 78.4 Å². The van der Waals surface area contributed by atoms with E-state index >= 15 is 0 Å². The van der Waals surface area contributed by atoms with Crippen molar-refractivity contribution in [1.82, 2.24) is 19.9 Å². The molecule has 4 aromatic rings. The molecule has 4 heterocycles. The molecule has 1 aliphatic heterocycles. The maximum absolute atomic E-state index is 12.1. The minimum atomic E-state index is -0.876. The van der Waals surface area contributed by atoms with Crippen molar-refractivity contribution in [1.29, 1.82) is 0 Å². The molecule has 0 radical (unpaired) electrons. The third-order valence-electron chi connectivity index (χ3n) is 7.36. The van der Waals surface area contributed by atoms with E-state index in [-0.39, 0.29) is 0 Å². The smallest absolute Gasteiger partial charge is 0.326 e. The van der Waals surface area contributed by atoms with Crippen LogP contribution in [0.1, 0.15) is 42.6 Å². The molecule has 0 aliphatic carbocycles. The summed E-state index contributed by atoms with van der Waals surface area (Å²) in [6.45, 7) is 5.61. The standard InChI is InChI=1S/C31H38N6O3S/c1-22-27(11-7-16-32-22)40-21-20-37(18-5-4-9-24-14-13-23-8-6-17-33-29(23)34-24)19-15-26(30(38)39)36-31-35-25-10-2-3-12-28(25)41-31/h2-3,7,10-14,16,26H,4-6,8-9,15,17-21H2,1H3,(H,33,34)(H,35,36)(H,38,39). The topological polar surface area (TPSA) is 113 Å². The number of para-hydroxylation sites is 1. The molecule has 5 rings (SSSR count). The number of thiazole rings is 1. The van der Waals surface area contributed by atoms with Gasteiger partial charge in [-0.25, -0.2) is 14.8 Å². The molecular formula is C31H38N6O3S. The number of hydrogen-bond acceptors (Lipinski definition) is 9. The number of unbranched alkanes of at least 4 members (excludes halogenated alkanes) is 1. The van der Waals surface area contributed by atoms with Gasteiger partial charge in [-0.1, -0.05) is 29.5 Å². The Kier molecular flexibility index (Phi) is 9.98. The van der Waals surface area contributed by atoms with Gasteiger partial charge in [0.15, 0.2) is 5.13 Å². The second-order valence-corrected chi connectivity index (χ2v) is 11.4. The fourth-order valence-corrected chi connectivity index (χ4v) is 5.96. The lowest BCUT2D eigenvalue weighted by molar-refractivity contribution is -0.138. The largest absolute Gasteiger partial charge is 0.490 e. The van der Waals surface area contributed by atoms with Gasteiger partial charge >= 0.3 is 5.97 Å². The predicted octanol–water partition coefficient (Wildman–Crippen LogP) is 5.41. The highest BCUT2D eigenvalue weighted by Gasteiger charge is 2.20. The number of aromatic nitrogens is 3. The van der Waals surface area contributed by atoms with Crippen molar-refractivity contribution in [3.05, 3.63) is 71.7 Å². The van der Waals surface area contributed by atoms with Gasteiger partial charge in [0.05, 0.1) is 15.9 Å². The van der Waals surface area contributed by atoms with E-state index < -0.39 is 12.0 Å². The molecular weight excluding hydrogens is 536 g/mol. The zero-order chi connectivity index (χ0) is 28.4. The number of carboxylic acids is 1. The third kappa shape index (κ3) is 8.14. The van der Waals surface area contributed by atoms with E-state index in [4.69, 9.17) is 9.72 Å². The second kappa shape index (κ2) is 14.2. The SMILES string of the molecule is Cc1ncccc1OCCN(CCCCc1ccc2c(n1)NCCC2)CCC(Nc1nc2ccccc2s1)C(=O)O. The summed E-state index contributed by atoms with van der Waals surface area (Å²) in [6.07, 6.45) is 7.38. The monoisotopic (exact) mass is 574 g/mol. The number of pyridine rings is 2. The average Bonchev–Trinajstić information content (AvgIpc) is 3.40. The Morgan fingerprint density at radius 1 is 1.12 bits per heavy atom. The number of nitrogens with one attached hydrogen (secondary N) is 2. The molecule has 1 aliphatic rings. The number of aryl methyl sites for hydroxylation is 3. The molecule has 0 saturated carbocycles. The van der Waals surface area contributed by atoms with Gasteiger partial charge in [0, 0.05) is 31.5 Å². The molecule has 0 spiro atoms. The van der Waals surface area contributed by atoms with Gasteiger partial charge in [-0.05, 0) is 87.9 Å². The van der Waals surface area contributed by atoms with E-state index in [9.17, 15) is 9.90 Å². The lowest BCUT2D eigenvalue weighted by atomic mass is 10.1. The molecule has 10 heteroatoms. The normalized spacial score (nSPS) is 13.5.